The van der Waals surface area contributed by atoms with Gasteiger partial charge in [0.05, 0.1) is 6.10 Å². The van der Waals surface area contributed by atoms with E-state index < -0.39 is 6.10 Å². The molecule has 0 bridgehead atoms. The van der Waals surface area contributed by atoms with Gasteiger partial charge in [0.1, 0.15) is 5.69 Å². The number of aryl methyl sites for hydroxylation is 1. The Balaban J connectivity index is 1.46. The second kappa shape index (κ2) is 7.59. The van der Waals surface area contributed by atoms with Crippen LogP contribution in [0.5, 0.6) is 0 Å². The summed E-state index contributed by atoms with van der Waals surface area (Å²) in [6.45, 7) is 4.55. The molecule has 3 rings (SSSR count). The highest BCUT2D eigenvalue weighted by molar-refractivity contribution is 5.92. The van der Waals surface area contributed by atoms with Crippen molar-refractivity contribution in [3.05, 3.63) is 52.8 Å². The first-order chi connectivity index (χ1) is 11.7. The quantitative estimate of drug-likeness (QED) is 0.742. The Hall–Kier alpha value is -2.18. The third-order valence-corrected chi connectivity index (χ3v) is 4.42. The number of nitrogens with zero attached hydrogens (tertiary/aromatic N) is 2. The lowest BCUT2D eigenvalue weighted by molar-refractivity contribution is 0.0838. The lowest BCUT2D eigenvalue weighted by atomic mass is 10.00. The lowest BCUT2D eigenvalue weighted by Gasteiger charge is -2.30. The first-order valence-electron chi connectivity index (χ1n) is 8.45. The van der Waals surface area contributed by atoms with Gasteiger partial charge in [0, 0.05) is 31.9 Å². The molecule has 1 aromatic heterocycles. The molecule has 1 aliphatic rings. The highest BCUT2D eigenvalue weighted by Gasteiger charge is 2.19. The number of carbonyl (C=O) groups is 1. The molecule has 1 atom stereocenters. The Labute approximate surface area is 141 Å². The third-order valence-electron chi connectivity index (χ3n) is 4.42. The van der Waals surface area contributed by atoms with Gasteiger partial charge in [0.25, 0.3) is 5.91 Å². The lowest BCUT2D eigenvalue weighted by Crippen LogP contribution is -2.42. The van der Waals surface area contributed by atoms with Crippen molar-refractivity contribution in [3.63, 3.8) is 0 Å². The number of aromatic nitrogens is 2. The number of hydrogen-bond acceptors (Lipinski definition) is 4. The summed E-state index contributed by atoms with van der Waals surface area (Å²) in [5, 5.41) is 19.8. The third kappa shape index (κ3) is 4.01. The van der Waals surface area contributed by atoms with Crippen LogP contribution < -0.4 is 5.32 Å². The van der Waals surface area contributed by atoms with Gasteiger partial charge in [-0.25, -0.2) is 0 Å². The van der Waals surface area contributed by atoms with Crippen molar-refractivity contribution in [1.29, 1.82) is 0 Å². The summed E-state index contributed by atoms with van der Waals surface area (Å²) < 4.78 is 0. The maximum atomic E-state index is 12.0. The van der Waals surface area contributed by atoms with Crippen LogP contribution >= 0.6 is 0 Å². The van der Waals surface area contributed by atoms with E-state index in [0.717, 1.165) is 31.6 Å². The number of aliphatic hydroxyl groups excluding tert-OH is 1. The van der Waals surface area contributed by atoms with Gasteiger partial charge < -0.3 is 10.4 Å². The van der Waals surface area contributed by atoms with E-state index in [2.05, 4.69) is 38.6 Å². The molecule has 1 amide bonds. The number of fused-ring (bicyclic) bond motifs is 1. The molecule has 2 heterocycles. The highest BCUT2D eigenvalue weighted by Crippen LogP contribution is 2.18. The molecule has 0 saturated heterocycles. The maximum absolute atomic E-state index is 12.0. The molecule has 3 N–H and O–H groups in total. The predicted octanol–water partition coefficient (Wildman–Crippen LogP) is 1.12. The summed E-state index contributed by atoms with van der Waals surface area (Å²) in [4.78, 5) is 14.2. The average molecular weight is 328 g/mol. The molecule has 24 heavy (non-hydrogen) atoms. The van der Waals surface area contributed by atoms with Crippen LogP contribution in [0.3, 0.4) is 0 Å². The van der Waals surface area contributed by atoms with Gasteiger partial charge >= 0.3 is 0 Å². The van der Waals surface area contributed by atoms with Crippen molar-refractivity contribution in [2.75, 3.05) is 19.6 Å². The zero-order valence-electron chi connectivity index (χ0n) is 14.0. The van der Waals surface area contributed by atoms with E-state index in [9.17, 15) is 9.90 Å². The minimum atomic E-state index is -0.594. The predicted molar refractivity (Wildman–Crippen MR) is 91.7 cm³/mol. The highest BCUT2D eigenvalue weighted by atomic mass is 16.3. The summed E-state index contributed by atoms with van der Waals surface area (Å²) in [5.74, 6) is -0.256. The number of carbonyl (C=O) groups excluding carboxylic acids is 1. The molecule has 2 aromatic rings. The van der Waals surface area contributed by atoms with Crippen LogP contribution in [0.25, 0.3) is 0 Å². The van der Waals surface area contributed by atoms with E-state index in [0.29, 0.717) is 12.2 Å². The van der Waals surface area contributed by atoms with Crippen molar-refractivity contribution in [2.45, 2.75) is 32.4 Å². The summed E-state index contributed by atoms with van der Waals surface area (Å²) in [5.41, 5.74) is 4.00. The topological polar surface area (TPSA) is 81.2 Å². The monoisotopic (exact) mass is 328 g/mol. The van der Waals surface area contributed by atoms with Crippen LogP contribution in [-0.2, 0) is 19.4 Å². The molecular formula is C18H24N4O2. The number of benzene rings is 1. The average Bonchev–Trinajstić information content (AvgIpc) is 3.09. The van der Waals surface area contributed by atoms with Crippen molar-refractivity contribution in [1.82, 2.24) is 20.4 Å². The smallest absolute Gasteiger partial charge is 0.271 e. The fraction of sp³-hybridized carbons (Fsp3) is 0.444. The summed E-state index contributed by atoms with van der Waals surface area (Å²) in [7, 11) is 0. The number of amides is 1. The standard InChI is InChI=1S/C18H24N4O2/c1-2-15-9-17(21-20-15)18(24)19-10-16(23)12-22-8-7-13-5-3-4-6-14(13)11-22/h3-6,9,16,23H,2,7-8,10-12H2,1H3,(H,19,24)(H,20,21). The van der Waals surface area contributed by atoms with Crippen LogP contribution in [0.15, 0.2) is 30.3 Å². The first-order valence-corrected chi connectivity index (χ1v) is 8.45. The number of nitrogens with one attached hydrogen (secondary N) is 2. The Morgan fingerprint density at radius 2 is 2.21 bits per heavy atom. The van der Waals surface area contributed by atoms with E-state index >= 15 is 0 Å². The van der Waals surface area contributed by atoms with Crippen LogP contribution in [0, 0.1) is 0 Å². The Bertz CT molecular complexity index is 698. The molecule has 1 unspecified atom stereocenters. The van der Waals surface area contributed by atoms with E-state index in [1.807, 2.05) is 13.0 Å². The second-order valence-corrected chi connectivity index (χ2v) is 6.25. The molecule has 6 heteroatoms. The van der Waals surface area contributed by atoms with Gasteiger partial charge in [0.15, 0.2) is 0 Å². The number of aromatic amines is 1. The minimum absolute atomic E-state index is 0.227. The molecule has 0 aliphatic carbocycles. The van der Waals surface area contributed by atoms with Crippen molar-refractivity contribution >= 4 is 5.91 Å². The van der Waals surface area contributed by atoms with Gasteiger partial charge in [-0.15, -0.1) is 0 Å². The molecule has 1 aliphatic heterocycles. The summed E-state index contributed by atoms with van der Waals surface area (Å²) >= 11 is 0. The normalized spacial score (nSPS) is 15.8. The maximum Gasteiger partial charge on any atom is 0.271 e. The van der Waals surface area contributed by atoms with Crippen molar-refractivity contribution < 1.29 is 9.90 Å². The zero-order chi connectivity index (χ0) is 16.9. The summed E-state index contributed by atoms with van der Waals surface area (Å²) in [6, 6.07) is 10.2. The Kier molecular flexibility index (Phi) is 5.27. The summed E-state index contributed by atoms with van der Waals surface area (Å²) in [6.07, 6.45) is 1.21. The zero-order valence-corrected chi connectivity index (χ0v) is 14.0. The number of β-amino-alcohol motifs (C(OH)–C–C–N with tert-alkyl or cyclic N) is 1. The van der Waals surface area contributed by atoms with Crippen molar-refractivity contribution in [2.24, 2.45) is 0 Å². The molecule has 0 spiro atoms. The van der Waals surface area contributed by atoms with Crippen LogP contribution in [-0.4, -0.2) is 51.8 Å². The number of aliphatic hydroxyl groups is 1. The number of H-pyrrole nitrogens is 1. The van der Waals surface area contributed by atoms with Gasteiger partial charge in [-0.2, -0.15) is 5.10 Å². The molecule has 1 aromatic carbocycles. The van der Waals surface area contributed by atoms with E-state index in [-0.39, 0.29) is 12.5 Å². The molecule has 0 saturated carbocycles. The SMILES string of the molecule is CCc1cc(C(=O)NCC(O)CN2CCc3ccccc3C2)n[nH]1. The van der Waals surface area contributed by atoms with Crippen molar-refractivity contribution in [3.8, 4) is 0 Å². The van der Waals surface area contributed by atoms with Crippen LogP contribution in [0.2, 0.25) is 0 Å². The number of hydrogen-bond donors (Lipinski definition) is 3. The van der Waals surface area contributed by atoms with Gasteiger partial charge in [-0.3, -0.25) is 14.8 Å². The van der Waals surface area contributed by atoms with E-state index in [1.165, 1.54) is 11.1 Å². The van der Waals surface area contributed by atoms with Gasteiger partial charge in [0.2, 0.25) is 0 Å². The van der Waals surface area contributed by atoms with Crippen LogP contribution in [0.4, 0.5) is 0 Å². The molecule has 0 fully saturated rings. The van der Waals surface area contributed by atoms with E-state index in [4.69, 9.17) is 0 Å². The second-order valence-electron chi connectivity index (χ2n) is 6.25. The first kappa shape index (κ1) is 16.7. The molecule has 6 nitrogen and oxygen atoms in total. The van der Waals surface area contributed by atoms with Gasteiger partial charge in [-0.1, -0.05) is 31.2 Å². The molecule has 128 valence electrons. The Morgan fingerprint density at radius 3 is 2.96 bits per heavy atom. The van der Waals surface area contributed by atoms with Crippen LogP contribution in [0.1, 0.15) is 34.2 Å². The fourth-order valence-electron chi connectivity index (χ4n) is 3.03. The van der Waals surface area contributed by atoms with E-state index in [1.54, 1.807) is 6.07 Å². The fourth-order valence-corrected chi connectivity index (χ4v) is 3.03. The number of rotatable bonds is 6. The Morgan fingerprint density at radius 1 is 1.42 bits per heavy atom. The molecule has 0 radical (unpaired) electrons. The molecular weight excluding hydrogens is 304 g/mol. The van der Waals surface area contributed by atoms with Gasteiger partial charge in [-0.05, 0) is 30.0 Å². The largest absolute Gasteiger partial charge is 0.390 e. The minimum Gasteiger partial charge on any atom is -0.390 e.